The van der Waals surface area contributed by atoms with Gasteiger partial charge in [0, 0.05) is 11.5 Å². The largest absolute Gasteiger partial charge is 0.493 e. The zero-order chi connectivity index (χ0) is 22.2. The average Bonchev–Trinajstić information content (AvgIpc) is 2.59. The molecule has 0 aliphatic carbocycles. The van der Waals surface area contributed by atoms with Crippen molar-refractivity contribution in [1.82, 2.24) is 0 Å². The van der Waals surface area contributed by atoms with Crippen molar-refractivity contribution in [3.8, 4) is 0 Å². The summed E-state index contributed by atoms with van der Waals surface area (Å²) in [6, 6.07) is -0.140. The van der Waals surface area contributed by atoms with E-state index < -0.39 is 19.2 Å². The Morgan fingerprint density at radius 2 is 0.966 bits per heavy atom. The van der Waals surface area contributed by atoms with Crippen LogP contribution in [0.3, 0.4) is 0 Å². The van der Waals surface area contributed by atoms with Crippen molar-refractivity contribution in [3.63, 3.8) is 0 Å². The fourth-order valence-electron chi connectivity index (χ4n) is 4.01. The van der Waals surface area contributed by atoms with Gasteiger partial charge in [0.15, 0.2) is 0 Å². The first-order valence-electron chi connectivity index (χ1n) is 12.2. The molecule has 0 amide bonds. The lowest BCUT2D eigenvalue weighted by molar-refractivity contribution is 0.172. The van der Waals surface area contributed by atoms with Crippen LogP contribution in [0, 0.1) is 5.41 Å². The lowest BCUT2D eigenvalue weighted by atomic mass is 9.83. The van der Waals surface area contributed by atoms with Crippen LogP contribution in [0.4, 0.5) is 0 Å². The van der Waals surface area contributed by atoms with Crippen molar-refractivity contribution < 1.29 is 14.4 Å². The zero-order valence-electron chi connectivity index (χ0n) is 19.5. The summed E-state index contributed by atoms with van der Waals surface area (Å²) < 4.78 is 0. The highest BCUT2D eigenvalue weighted by Gasteiger charge is 2.46. The molecular weight excluding hydrogens is 402 g/mol. The normalized spacial score (nSPS) is 14.9. The van der Waals surface area contributed by atoms with Crippen LogP contribution in [0.1, 0.15) is 130 Å². The molecule has 0 radical (unpaired) electrons. The molecule has 29 heavy (non-hydrogen) atoms. The number of nitrogens with two attached hydrogens (primary N) is 1. The van der Waals surface area contributed by atoms with E-state index in [1.807, 2.05) is 0 Å². The molecule has 0 saturated carbocycles. The molecule has 1 unspecified atom stereocenters. The number of rotatable bonds is 20. The minimum Gasteiger partial charge on any atom is -0.390 e. The van der Waals surface area contributed by atoms with Gasteiger partial charge in [0.1, 0.15) is 0 Å². The van der Waals surface area contributed by atoms with Gasteiger partial charge in [-0.05, 0) is 6.42 Å². The van der Waals surface area contributed by atoms with Crippen LogP contribution in [0.15, 0.2) is 0 Å². The fraction of sp³-hybridized carbons (Fsp3) is 1.00. The summed E-state index contributed by atoms with van der Waals surface area (Å²) in [6.07, 6.45) is 21.7. The summed E-state index contributed by atoms with van der Waals surface area (Å²) in [6.45, 7) is 5.85. The van der Waals surface area contributed by atoms with Gasteiger partial charge in [-0.25, -0.2) is 0 Å². The van der Waals surface area contributed by atoms with Crippen LogP contribution in [0.2, 0.25) is 6.04 Å². The molecule has 0 heterocycles. The molecule has 6 heteroatoms. The predicted molar refractivity (Wildman–Crippen MR) is 128 cm³/mol. The first kappa shape index (κ1) is 29.3. The molecule has 0 saturated heterocycles. The molecule has 0 aliphatic heterocycles. The van der Waals surface area contributed by atoms with Crippen molar-refractivity contribution in [2.45, 2.75) is 141 Å². The summed E-state index contributed by atoms with van der Waals surface area (Å²) in [5.74, 6) is 0. The lowest BCUT2D eigenvalue weighted by Crippen LogP contribution is -2.53. The van der Waals surface area contributed by atoms with Crippen molar-refractivity contribution in [2.75, 3.05) is 0 Å². The van der Waals surface area contributed by atoms with Gasteiger partial charge in [0.2, 0.25) is 0 Å². The second-order valence-electron chi connectivity index (χ2n) is 9.75. The quantitative estimate of drug-likeness (QED) is 0.0738. The van der Waals surface area contributed by atoms with E-state index in [-0.39, 0.29) is 6.04 Å². The van der Waals surface area contributed by atoms with Gasteiger partial charge in [-0.15, -0.1) is 11.6 Å². The maximum atomic E-state index is 9.36. The van der Waals surface area contributed by atoms with E-state index in [1.54, 1.807) is 13.8 Å². The number of hydrogen-bond acceptors (Lipinski definition) is 4. The molecule has 176 valence electrons. The van der Waals surface area contributed by atoms with E-state index in [1.165, 1.54) is 89.9 Å². The minimum atomic E-state index is -4.16. The Morgan fingerprint density at radius 3 is 1.28 bits per heavy atom. The van der Waals surface area contributed by atoms with Gasteiger partial charge in [0.25, 0.3) is 0 Å². The maximum Gasteiger partial charge on any atom is 0.493 e. The molecule has 0 rings (SSSR count). The molecule has 1 atom stereocenters. The highest BCUT2D eigenvalue weighted by atomic mass is 35.5. The fourth-order valence-corrected chi connectivity index (χ4v) is 5.82. The van der Waals surface area contributed by atoms with E-state index in [2.05, 4.69) is 6.92 Å². The van der Waals surface area contributed by atoms with Gasteiger partial charge in [-0.1, -0.05) is 124 Å². The van der Waals surface area contributed by atoms with Gasteiger partial charge in [-0.2, -0.15) is 0 Å². The molecule has 0 bridgehead atoms. The summed E-state index contributed by atoms with van der Waals surface area (Å²) in [4.78, 5) is 27.1. The van der Waals surface area contributed by atoms with Crippen molar-refractivity contribution >= 4 is 20.4 Å². The zero-order valence-corrected chi connectivity index (χ0v) is 21.3. The molecule has 0 spiro atoms. The third kappa shape index (κ3) is 16.7. The smallest absolute Gasteiger partial charge is 0.390 e. The Balaban J connectivity index is 3.53. The summed E-state index contributed by atoms with van der Waals surface area (Å²) >= 11 is 6.47. The SMILES string of the molecule is CCCCCCCCCCCCCCCCCCC(N)(Cl)C(C)(C)C[Si](O)(O)O. The van der Waals surface area contributed by atoms with Crippen LogP contribution < -0.4 is 5.73 Å². The number of hydrogen-bond donors (Lipinski definition) is 4. The molecule has 0 aromatic heterocycles. The summed E-state index contributed by atoms with van der Waals surface area (Å²) in [5.41, 5.74) is 5.49. The van der Waals surface area contributed by atoms with E-state index in [0.717, 1.165) is 12.8 Å². The van der Waals surface area contributed by atoms with Gasteiger partial charge in [-0.3, -0.25) is 0 Å². The average molecular weight is 452 g/mol. The van der Waals surface area contributed by atoms with Crippen LogP contribution in [0.25, 0.3) is 0 Å². The number of halogens is 1. The van der Waals surface area contributed by atoms with Crippen molar-refractivity contribution in [1.29, 1.82) is 0 Å². The van der Waals surface area contributed by atoms with Crippen LogP contribution in [0.5, 0.6) is 0 Å². The first-order valence-corrected chi connectivity index (χ1v) is 14.6. The second-order valence-corrected chi connectivity index (χ2v) is 12.3. The van der Waals surface area contributed by atoms with E-state index in [9.17, 15) is 14.4 Å². The molecule has 5 N–H and O–H groups in total. The first-order chi connectivity index (χ1) is 13.5. The topological polar surface area (TPSA) is 86.7 Å². The van der Waals surface area contributed by atoms with E-state index in [0.29, 0.717) is 6.42 Å². The highest BCUT2D eigenvalue weighted by Crippen LogP contribution is 2.41. The Labute approximate surface area is 187 Å². The van der Waals surface area contributed by atoms with Gasteiger partial charge >= 0.3 is 8.80 Å². The Hall–Kier alpha value is 0.347. The number of alkyl halides is 1. The second kappa shape index (κ2) is 16.0. The summed E-state index contributed by atoms with van der Waals surface area (Å²) in [5, 5.41) is 0. The van der Waals surface area contributed by atoms with E-state index in [4.69, 9.17) is 17.3 Å². The molecule has 0 aromatic carbocycles. The van der Waals surface area contributed by atoms with Crippen molar-refractivity contribution in [3.05, 3.63) is 0 Å². The van der Waals surface area contributed by atoms with Crippen LogP contribution in [-0.2, 0) is 0 Å². The third-order valence-electron chi connectivity index (χ3n) is 6.20. The van der Waals surface area contributed by atoms with Gasteiger partial charge < -0.3 is 20.1 Å². The molecule has 0 aliphatic rings. The minimum absolute atomic E-state index is 0.140. The standard InChI is InChI=1S/C23H50ClNO3Si/c1-4-5-6-7-8-9-10-11-12-13-14-15-16-17-18-19-20-23(24,25)22(2,3)21-29(26,27)28/h26-28H,4-21,25H2,1-3H3. The Kier molecular flexibility index (Phi) is 16.2. The molecular formula is C23H50ClNO3Si. The lowest BCUT2D eigenvalue weighted by Gasteiger charge is -2.40. The Morgan fingerprint density at radius 1 is 0.655 bits per heavy atom. The van der Waals surface area contributed by atoms with Gasteiger partial charge in [0.05, 0.1) is 5.00 Å². The number of unbranched alkanes of at least 4 members (excludes halogenated alkanes) is 15. The van der Waals surface area contributed by atoms with Crippen molar-refractivity contribution in [2.24, 2.45) is 11.1 Å². The van der Waals surface area contributed by atoms with Crippen LogP contribution in [-0.4, -0.2) is 28.2 Å². The van der Waals surface area contributed by atoms with Crippen LogP contribution >= 0.6 is 11.6 Å². The molecule has 4 nitrogen and oxygen atoms in total. The van der Waals surface area contributed by atoms with E-state index >= 15 is 0 Å². The summed E-state index contributed by atoms with van der Waals surface area (Å²) in [7, 11) is -4.16. The highest BCUT2D eigenvalue weighted by molar-refractivity contribution is 6.56. The third-order valence-corrected chi connectivity index (χ3v) is 8.26. The molecule has 0 aromatic rings. The monoisotopic (exact) mass is 451 g/mol. The predicted octanol–water partition coefficient (Wildman–Crippen LogP) is 6.47. The molecule has 0 fully saturated rings. The maximum absolute atomic E-state index is 9.36. The Bertz CT molecular complexity index is 387.